The van der Waals surface area contributed by atoms with Crippen LogP contribution in [0.25, 0.3) is 0 Å². The highest BCUT2D eigenvalue weighted by atomic mass is 35.5. The fraction of sp³-hybridized carbons (Fsp3) is 0.0667. The van der Waals surface area contributed by atoms with Crippen LogP contribution in [0, 0.1) is 0 Å². The van der Waals surface area contributed by atoms with Gasteiger partial charge in [0.25, 0.3) is 0 Å². The van der Waals surface area contributed by atoms with Crippen LogP contribution < -0.4 is 5.32 Å². The standard InChI is InChI=1S/C15H12ClNO4/c16-13(9-4-2-1-3-5-9)14(19)17-10-6-7-11(15(20)21)12(18)8-10/h1-8,13,18H,(H,17,19)(H,20,21)/t13-/m1/s1. The van der Waals surface area contributed by atoms with Crippen LogP contribution in [0.3, 0.4) is 0 Å². The molecule has 0 fully saturated rings. The third-order valence-electron chi connectivity index (χ3n) is 2.82. The van der Waals surface area contributed by atoms with Crippen LogP contribution in [0.15, 0.2) is 48.5 Å². The Bertz CT molecular complexity index is 673. The van der Waals surface area contributed by atoms with E-state index in [9.17, 15) is 14.7 Å². The summed E-state index contributed by atoms with van der Waals surface area (Å²) in [5, 5.41) is 20.0. The van der Waals surface area contributed by atoms with Gasteiger partial charge in [0.1, 0.15) is 16.7 Å². The van der Waals surface area contributed by atoms with Gasteiger partial charge < -0.3 is 15.5 Å². The van der Waals surface area contributed by atoms with E-state index >= 15 is 0 Å². The highest BCUT2D eigenvalue weighted by molar-refractivity contribution is 6.32. The summed E-state index contributed by atoms with van der Waals surface area (Å²) in [6, 6.07) is 12.6. The Morgan fingerprint density at radius 2 is 1.76 bits per heavy atom. The molecule has 6 heteroatoms. The molecule has 0 bridgehead atoms. The molecule has 1 atom stereocenters. The molecule has 0 aliphatic carbocycles. The number of halogens is 1. The highest BCUT2D eigenvalue weighted by Crippen LogP contribution is 2.25. The van der Waals surface area contributed by atoms with Crippen molar-refractivity contribution in [3.63, 3.8) is 0 Å². The lowest BCUT2D eigenvalue weighted by Gasteiger charge is -2.11. The van der Waals surface area contributed by atoms with Crippen LogP contribution >= 0.6 is 11.6 Å². The van der Waals surface area contributed by atoms with E-state index in [2.05, 4.69) is 5.32 Å². The lowest BCUT2D eigenvalue weighted by Crippen LogP contribution is -2.17. The van der Waals surface area contributed by atoms with Gasteiger partial charge in [0, 0.05) is 11.8 Å². The summed E-state index contributed by atoms with van der Waals surface area (Å²) in [5.74, 6) is -2.14. The number of amides is 1. The van der Waals surface area contributed by atoms with Crippen molar-refractivity contribution in [3.8, 4) is 5.75 Å². The second-order valence-corrected chi connectivity index (χ2v) is 4.74. The predicted molar refractivity (Wildman–Crippen MR) is 78.7 cm³/mol. The van der Waals surface area contributed by atoms with Gasteiger partial charge in [0.2, 0.25) is 5.91 Å². The maximum absolute atomic E-state index is 12.0. The molecule has 0 saturated carbocycles. The first-order chi connectivity index (χ1) is 9.99. The summed E-state index contributed by atoms with van der Waals surface area (Å²) in [5.41, 5.74) is 0.672. The van der Waals surface area contributed by atoms with Gasteiger partial charge in [-0.25, -0.2) is 4.79 Å². The molecule has 0 aromatic heterocycles. The average molecular weight is 306 g/mol. The molecule has 0 aliphatic rings. The maximum Gasteiger partial charge on any atom is 0.339 e. The molecule has 0 unspecified atom stereocenters. The number of phenols is 1. The molecule has 2 aromatic rings. The van der Waals surface area contributed by atoms with Crippen LogP contribution in [0.5, 0.6) is 5.75 Å². The molecule has 5 nitrogen and oxygen atoms in total. The quantitative estimate of drug-likeness (QED) is 0.758. The van der Waals surface area contributed by atoms with E-state index in [1.807, 2.05) is 6.07 Å². The molecule has 108 valence electrons. The summed E-state index contributed by atoms with van der Waals surface area (Å²) in [6.45, 7) is 0. The third kappa shape index (κ3) is 3.52. The predicted octanol–water partition coefficient (Wildman–Crippen LogP) is 3.01. The van der Waals surface area contributed by atoms with Gasteiger partial charge in [-0.2, -0.15) is 0 Å². The molecular weight excluding hydrogens is 294 g/mol. The van der Waals surface area contributed by atoms with Crippen LogP contribution in [-0.4, -0.2) is 22.1 Å². The number of hydrogen-bond acceptors (Lipinski definition) is 3. The number of nitrogens with one attached hydrogen (secondary N) is 1. The van der Waals surface area contributed by atoms with Gasteiger partial charge in [-0.1, -0.05) is 30.3 Å². The summed E-state index contributed by atoms with van der Waals surface area (Å²) < 4.78 is 0. The topological polar surface area (TPSA) is 86.6 Å². The van der Waals surface area contributed by atoms with Gasteiger partial charge in [-0.05, 0) is 17.7 Å². The van der Waals surface area contributed by atoms with Crippen molar-refractivity contribution in [2.24, 2.45) is 0 Å². The van der Waals surface area contributed by atoms with Crippen molar-refractivity contribution in [1.82, 2.24) is 0 Å². The fourth-order valence-electron chi connectivity index (χ4n) is 1.77. The number of aromatic hydroxyl groups is 1. The van der Waals surface area contributed by atoms with Crippen molar-refractivity contribution < 1.29 is 19.8 Å². The number of carbonyl (C=O) groups is 2. The SMILES string of the molecule is O=C(O)c1ccc(NC(=O)[C@H](Cl)c2ccccc2)cc1O. The molecular formula is C15H12ClNO4. The minimum Gasteiger partial charge on any atom is -0.507 e. The average Bonchev–Trinajstić information content (AvgIpc) is 2.47. The van der Waals surface area contributed by atoms with Crippen molar-refractivity contribution in [1.29, 1.82) is 0 Å². The Morgan fingerprint density at radius 1 is 1.10 bits per heavy atom. The van der Waals surface area contributed by atoms with Crippen LogP contribution in [0.2, 0.25) is 0 Å². The van der Waals surface area contributed by atoms with Gasteiger partial charge in [0.05, 0.1) is 0 Å². The summed E-state index contributed by atoms with van der Waals surface area (Å²) in [4.78, 5) is 22.8. The highest BCUT2D eigenvalue weighted by Gasteiger charge is 2.18. The molecule has 2 aromatic carbocycles. The number of carboxylic acids is 1. The van der Waals surface area contributed by atoms with Gasteiger partial charge in [-0.15, -0.1) is 11.6 Å². The molecule has 0 heterocycles. The van der Waals surface area contributed by atoms with Gasteiger partial charge >= 0.3 is 5.97 Å². The van der Waals surface area contributed by atoms with Crippen LogP contribution in [0.1, 0.15) is 21.3 Å². The van der Waals surface area contributed by atoms with E-state index in [1.165, 1.54) is 12.1 Å². The molecule has 0 radical (unpaired) electrons. The first kappa shape index (κ1) is 14.9. The molecule has 21 heavy (non-hydrogen) atoms. The zero-order chi connectivity index (χ0) is 15.4. The van der Waals surface area contributed by atoms with Gasteiger partial charge in [-0.3, -0.25) is 4.79 Å². The lowest BCUT2D eigenvalue weighted by atomic mass is 10.1. The Kier molecular flexibility index (Phi) is 4.45. The second-order valence-electron chi connectivity index (χ2n) is 4.30. The van der Waals surface area contributed by atoms with E-state index in [1.54, 1.807) is 24.3 Å². The number of hydrogen-bond donors (Lipinski definition) is 3. The molecule has 0 spiro atoms. The van der Waals surface area contributed by atoms with Crippen LogP contribution in [0.4, 0.5) is 5.69 Å². The zero-order valence-electron chi connectivity index (χ0n) is 10.8. The lowest BCUT2D eigenvalue weighted by molar-refractivity contribution is -0.116. The van der Waals surface area contributed by atoms with E-state index in [-0.39, 0.29) is 11.3 Å². The smallest absolute Gasteiger partial charge is 0.339 e. The second kappa shape index (κ2) is 6.28. The monoisotopic (exact) mass is 305 g/mol. The van der Waals surface area contributed by atoms with E-state index in [0.717, 1.165) is 6.07 Å². The number of rotatable bonds is 4. The van der Waals surface area contributed by atoms with Crippen molar-refractivity contribution in [2.75, 3.05) is 5.32 Å². The van der Waals surface area contributed by atoms with E-state index in [4.69, 9.17) is 16.7 Å². The van der Waals surface area contributed by atoms with E-state index < -0.39 is 23.0 Å². The van der Waals surface area contributed by atoms with Crippen LogP contribution in [-0.2, 0) is 4.79 Å². The number of carboxylic acid groups (broad SMARTS) is 1. The maximum atomic E-state index is 12.0. The first-order valence-electron chi connectivity index (χ1n) is 6.05. The zero-order valence-corrected chi connectivity index (χ0v) is 11.5. The number of alkyl halides is 1. The summed E-state index contributed by atoms with van der Waals surface area (Å²) in [6.07, 6.45) is 0. The minimum atomic E-state index is -1.25. The fourth-order valence-corrected chi connectivity index (χ4v) is 1.97. The van der Waals surface area contributed by atoms with E-state index in [0.29, 0.717) is 5.56 Å². The number of aromatic carboxylic acids is 1. The van der Waals surface area contributed by atoms with Crippen molar-refractivity contribution >= 4 is 29.2 Å². The molecule has 3 N–H and O–H groups in total. The third-order valence-corrected chi connectivity index (χ3v) is 3.27. The molecule has 0 aliphatic heterocycles. The number of benzene rings is 2. The number of anilines is 1. The molecule has 1 amide bonds. The van der Waals surface area contributed by atoms with Crippen molar-refractivity contribution in [2.45, 2.75) is 5.38 Å². The van der Waals surface area contributed by atoms with Gasteiger partial charge in [0.15, 0.2) is 0 Å². The molecule has 0 saturated heterocycles. The Labute approximate surface area is 125 Å². The Morgan fingerprint density at radius 3 is 2.33 bits per heavy atom. The largest absolute Gasteiger partial charge is 0.507 e. The molecule has 2 rings (SSSR count). The number of carbonyl (C=O) groups excluding carboxylic acids is 1. The summed E-state index contributed by atoms with van der Waals surface area (Å²) >= 11 is 6.06. The van der Waals surface area contributed by atoms with Crippen molar-refractivity contribution in [3.05, 3.63) is 59.7 Å². The minimum absolute atomic E-state index is 0.238. The normalized spacial score (nSPS) is 11.7. The Balaban J connectivity index is 2.13. The first-order valence-corrected chi connectivity index (χ1v) is 6.49. The summed E-state index contributed by atoms with van der Waals surface area (Å²) in [7, 11) is 0. The Hall–Kier alpha value is -2.53.